The molecular weight excluding hydrogens is 351 g/mol. The molecule has 1 unspecified atom stereocenters. The van der Waals surface area contributed by atoms with Crippen LogP contribution in [0.25, 0.3) is 0 Å². The van der Waals surface area contributed by atoms with Crippen molar-refractivity contribution >= 4 is 17.5 Å². The van der Waals surface area contributed by atoms with E-state index in [1.54, 1.807) is 12.1 Å². The second-order valence-corrected chi connectivity index (χ2v) is 6.13. The average molecular weight is 372 g/mol. The maximum Gasteiger partial charge on any atom is 0.253 e. The van der Waals surface area contributed by atoms with Gasteiger partial charge in [0, 0.05) is 12.2 Å². The Balaban J connectivity index is 1.43. The molecule has 0 radical (unpaired) electrons. The molecule has 0 bridgehead atoms. The van der Waals surface area contributed by atoms with Gasteiger partial charge < -0.3 is 19.7 Å². The number of carbonyl (C=O) groups is 2. The molecule has 0 spiro atoms. The van der Waals surface area contributed by atoms with E-state index in [4.69, 9.17) is 9.47 Å². The molecule has 0 aliphatic carbocycles. The molecule has 1 N–H and O–H groups in total. The number of carbonyl (C=O) groups excluding carboxylic acids is 2. The SMILES string of the molecule is O=C(CCOc1ccccc1)NCC1CN(c2ccc(F)cc2)C(=O)CO1. The third-order valence-electron chi connectivity index (χ3n) is 4.14. The first-order valence-electron chi connectivity index (χ1n) is 8.74. The molecule has 1 heterocycles. The lowest BCUT2D eigenvalue weighted by atomic mass is 10.2. The Morgan fingerprint density at radius 2 is 1.93 bits per heavy atom. The van der Waals surface area contributed by atoms with Crippen LogP contribution in [0.2, 0.25) is 0 Å². The summed E-state index contributed by atoms with van der Waals surface area (Å²) in [6.45, 7) is 0.789. The molecule has 27 heavy (non-hydrogen) atoms. The second-order valence-electron chi connectivity index (χ2n) is 6.13. The van der Waals surface area contributed by atoms with E-state index in [1.807, 2.05) is 30.3 Å². The van der Waals surface area contributed by atoms with Gasteiger partial charge in [-0.15, -0.1) is 0 Å². The van der Waals surface area contributed by atoms with E-state index >= 15 is 0 Å². The number of nitrogens with zero attached hydrogens (tertiary/aromatic N) is 1. The molecular formula is C20H21FN2O4. The third kappa shape index (κ3) is 5.52. The lowest BCUT2D eigenvalue weighted by Gasteiger charge is -2.32. The molecule has 1 aliphatic rings. The van der Waals surface area contributed by atoms with Gasteiger partial charge in [0.25, 0.3) is 5.91 Å². The maximum atomic E-state index is 13.1. The standard InChI is InChI=1S/C20H21FN2O4/c21-15-6-8-16(9-7-15)23-13-18(27-14-20(23)25)12-22-19(24)10-11-26-17-4-2-1-3-5-17/h1-9,18H,10-14H2,(H,22,24). The Labute approximate surface area is 156 Å². The first-order valence-corrected chi connectivity index (χ1v) is 8.74. The van der Waals surface area contributed by atoms with Crippen LogP contribution in [0.15, 0.2) is 54.6 Å². The number of benzene rings is 2. The molecule has 142 valence electrons. The second kappa shape index (κ2) is 9.14. The van der Waals surface area contributed by atoms with E-state index in [-0.39, 0.29) is 49.9 Å². The Bertz CT molecular complexity index is 767. The summed E-state index contributed by atoms with van der Waals surface area (Å²) < 4.78 is 24.0. The number of rotatable bonds is 7. The number of ether oxygens (including phenoxy) is 2. The fraction of sp³-hybridized carbons (Fsp3) is 0.300. The van der Waals surface area contributed by atoms with Crippen LogP contribution in [0.1, 0.15) is 6.42 Å². The number of nitrogens with one attached hydrogen (secondary N) is 1. The quantitative estimate of drug-likeness (QED) is 0.809. The predicted molar refractivity (Wildman–Crippen MR) is 98.1 cm³/mol. The van der Waals surface area contributed by atoms with Crippen molar-refractivity contribution in [3.8, 4) is 5.75 Å². The molecule has 6 nitrogen and oxygen atoms in total. The van der Waals surface area contributed by atoms with E-state index in [9.17, 15) is 14.0 Å². The average Bonchev–Trinajstić information content (AvgIpc) is 2.69. The summed E-state index contributed by atoms with van der Waals surface area (Å²) in [6, 6.07) is 15.0. The largest absolute Gasteiger partial charge is 0.493 e. The van der Waals surface area contributed by atoms with E-state index < -0.39 is 0 Å². The van der Waals surface area contributed by atoms with Gasteiger partial charge in [-0.2, -0.15) is 0 Å². The van der Waals surface area contributed by atoms with Crippen LogP contribution >= 0.6 is 0 Å². The van der Waals surface area contributed by atoms with Crippen LogP contribution in [-0.4, -0.2) is 44.2 Å². The van der Waals surface area contributed by atoms with Gasteiger partial charge in [-0.25, -0.2) is 4.39 Å². The molecule has 7 heteroatoms. The van der Waals surface area contributed by atoms with Gasteiger partial charge in [0.2, 0.25) is 5.91 Å². The summed E-state index contributed by atoms with van der Waals surface area (Å²) in [7, 11) is 0. The summed E-state index contributed by atoms with van der Waals surface area (Å²) in [4.78, 5) is 25.5. The first-order chi connectivity index (χ1) is 13.1. The van der Waals surface area contributed by atoms with Crippen molar-refractivity contribution in [3.05, 3.63) is 60.4 Å². The highest BCUT2D eigenvalue weighted by Gasteiger charge is 2.27. The number of hydrogen-bond donors (Lipinski definition) is 1. The molecule has 1 saturated heterocycles. The Hall–Kier alpha value is -2.93. The zero-order valence-corrected chi connectivity index (χ0v) is 14.8. The van der Waals surface area contributed by atoms with Crippen LogP contribution in [-0.2, 0) is 14.3 Å². The molecule has 2 aromatic carbocycles. The van der Waals surface area contributed by atoms with E-state index in [2.05, 4.69) is 5.32 Å². The summed E-state index contributed by atoms with van der Waals surface area (Å²) in [5.74, 6) is 0.00979. The van der Waals surface area contributed by atoms with Gasteiger partial charge in [0.1, 0.15) is 18.2 Å². The molecule has 0 aromatic heterocycles. The number of hydrogen-bond acceptors (Lipinski definition) is 4. The minimum Gasteiger partial charge on any atom is -0.493 e. The number of halogens is 1. The Kier molecular flexibility index (Phi) is 6.38. The van der Waals surface area contributed by atoms with Crippen LogP contribution in [0.5, 0.6) is 5.75 Å². The fourth-order valence-corrected chi connectivity index (χ4v) is 2.71. The van der Waals surface area contributed by atoms with Gasteiger partial charge in [0.05, 0.1) is 25.7 Å². The fourth-order valence-electron chi connectivity index (χ4n) is 2.71. The van der Waals surface area contributed by atoms with Crippen LogP contribution < -0.4 is 15.0 Å². The summed E-state index contributed by atoms with van der Waals surface area (Å²) in [5.41, 5.74) is 0.609. The molecule has 2 amide bonds. The number of para-hydroxylation sites is 1. The van der Waals surface area contributed by atoms with Crippen molar-refractivity contribution in [2.75, 3.05) is 31.2 Å². The van der Waals surface area contributed by atoms with Crippen LogP contribution in [0.4, 0.5) is 10.1 Å². The highest BCUT2D eigenvalue weighted by Crippen LogP contribution is 2.19. The maximum absolute atomic E-state index is 13.1. The number of morpholine rings is 1. The third-order valence-corrected chi connectivity index (χ3v) is 4.14. The lowest BCUT2D eigenvalue weighted by molar-refractivity contribution is -0.129. The van der Waals surface area contributed by atoms with Gasteiger partial charge >= 0.3 is 0 Å². The first kappa shape index (κ1) is 18.8. The topological polar surface area (TPSA) is 67.9 Å². The smallest absolute Gasteiger partial charge is 0.253 e. The van der Waals surface area contributed by atoms with Gasteiger partial charge in [-0.1, -0.05) is 18.2 Å². The lowest BCUT2D eigenvalue weighted by Crippen LogP contribution is -2.50. The summed E-state index contributed by atoms with van der Waals surface area (Å²) in [5, 5.41) is 2.79. The predicted octanol–water partition coefficient (Wildman–Crippen LogP) is 2.14. The van der Waals surface area contributed by atoms with Crippen molar-refractivity contribution in [3.63, 3.8) is 0 Å². The number of amides is 2. The van der Waals surface area contributed by atoms with Crippen LogP contribution in [0, 0.1) is 5.82 Å². The van der Waals surface area contributed by atoms with Crippen LogP contribution in [0.3, 0.4) is 0 Å². The van der Waals surface area contributed by atoms with Crippen molar-refractivity contribution in [2.45, 2.75) is 12.5 Å². The molecule has 3 rings (SSSR count). The summed E-state index contributed by atoms with van der Waals surface area (Å²) >= 11 is 0. The van der Waals surface area contributed by atoms with E-state index in [0.29, 0.717) is 12.2 Å². The minimum absolute atomic E-state index is 0.0744. The van der Waals surface area contributed by atoms with Gasteiger partial charge in [0.15, 0.2) is 0 Å². The van der Waals surface area contributed by atoms with E-state index in [1.165, 1.54) is 17.0 Å². The minimum atomic E-state index is -0.360. The van der Waals surface area contributed by atoms with E-state index in [0.717, 1.165) is 5.75 Å². The highest BCUT2D eigenvalue weighted by atomic mass is 19.1. The summed E-state index contributed by atoms with van der Waals surface area (Å²) in [6.07, 6.45) is -0.103. The zero-order valence-electron chi connectivity index (χ0n) is 14.8. The molecule has 1 aliphatic heterocycles. The molecule has 0 saturated carbocycles. The molecule has 2 aromatic rings. The molecule has 1 atom stereocenters. The van der Waals surface area contributed by atoms with Crippen molar-refractivity contribution in [2.24, 2.45) is 0 Å². The van der Waals surface area contributed by atoms with Gasteiger partial charge in [-0.3, -0.25) is 9.59 Å². The number of anilines is 1. The zero-order chi connectivity index (χ0) is 19.1. The highest BCUT2D eigenvalue weighted by molar-refractivity contribution is 5.95. The van der Waals surface area contributed by atoms with Crippen molar-refractivity contribution in [1.29, 1.82) is 0 Å². The molecule has 1 fully saturated rings. The van der Waals surface area contributed by atoms with Crippen molar-refractivity contribution in [1.82, 2.24) is 5.32 Å². The monoisotopic (exact) mass is 372 g/mol. The van der Waals surface area contributed by atoms with Gasteiger partial charge in [-0.05, 0) is 36.4 Å². The normalized spacial score (nSPS) is 16.9. The van der Waals surface area contributed by atoms with Crippen molar-refractivity contribution < 1.29 is 23.5 Å². The Morgan fingerprint density at radius 3 is 2.67 bits per heavy atom. The Morgan fingerprint density at radius 1 is 1.19 bits per heavy atom.